The second-order valence-electron chi connectivity index (χ2n) is 3.22. The molecule has 0 atom stereocenters. The molecule has 0 saturated carbocycles. The van der Waals surface area contributed by atoms with Gasteiger partial charge in [-0.2, -0.15) is 0 Å². The number of carbonyl (C=O) groups excluding carboxylic acids is 3. The van der Waals surface area contributed by atoms with Gasteiger partial charge in [-0.05, 0) is 18.2 Å². The predicted molar refractivity (Wildman–Crippen MR) is 58.1 cm³/mol. The third kappa shape index (κ3) is 1.57. The lowest BCUT2D eigenvalue weighted by Gasteiger charge is -2.10. The maximum atomic E-state index is 11.7. The van der Waals surface area contributed by atoms with Crippen LogP contribution >= 0.6 is 12.6 Å². The standard InChI is InChI=1S/C10H7NO4S.H2/c1-5(12)15-11-9(13)7-3-2-6(16)4-8(7)10(11)14;/h2-4,16H,1H3;1H. The molecule has 16 heavy (non-hydrogen) atoms. The van der Waals surface area contributed by atoms with Crippen LogP contribution in [0.4, 0.5) is 0 Å². The Balaban J connectivity index is 0.00000144. The summed E-state index contributed by atoms with van der Waals surface area (Å²) in [4.78, 5) is 39.2. The fourth-order valence-corrected chi connectivity index (χ4v) is 1.62. The number of imide groups is 1. The highest BCUT2D eigenvalue weighted by Gasteiger charge is 2.38. The summed E-state index contributed by atoms with van der Waals surface area (Å²) in [6.07, 6.45) is 0. The first-order chi connectivity index (χ1) is 7.50. The zero-order chi connectivity index (χ0) is 11.9. The molecule has 0 aromatic heterocycles. The quantitative estimate of drug-likeness (QED) is 0.592. The highest BCUT2D eigenvalue weighted by atomic mass is 32.1. The van der Waals surface area contributed by atoms with Gasteiger partial charge in [0.05, 0.1) is 11.1 Å². The fraction of sp³-hybridized carbons (Fsp3) is 0.100. The van der Waals surface area contributed by atoms with Crippen LogP contribution in [0.25, 0.3) is 0 Å². The highest BCUT2D eigenvalue weighted by Crippen LogP contribution is 2.25. The number of hydroxylamine groups is 2. The van der Waals surface area contributed by atoms with Crippen molar-refractivity contribution in [2.45, 2.75) is 11.8 Å². The van der Waals surface area contributed by atoms with Crippen LogP contribution in [0.15, 0.2) is 23.1 Å². The van der Waals surface area contributed by atoms with Crippen molar-refractivity contribution >= 4 is 30.4 Å². The van der Waals surface area contributed by atoms with Gasteiger partial charge in [-0.25, -0.2) is 4.79 Å². The first-order valence-corrected chi connectivity index (χ1v) is 4.86. The second-order valence-corrected chi connectivity index (χ2v) is 3.73. The molecule has 1 aromatic rings. The molecule has 0 fully saturated rings. The van der Waals surface area contributed by atoms with Crippen molar-refractivity contribution < 1.29 is 20.6 Å². The van der Waals surface area contributed by atoms with Crippen molar-refractivity contribution in [1.82, 2.24) is 5.06 Å². The van der Waals surface area contributed by atoms with Gasteiger partial charge in [0.2, 0.25) is 0 Å². The largest absolute Gasteiger partial charge is 0.330 e. The van der Waals surface area contributed by atoms with E-state index in [-0.39, 0.29) is 12.6 Å². The van der Waals surface area contributed by atoms with E-state index >= 15 is 0 Å². The van der Waals surface area contributed by atoms with Crippen LogP contribution in [0, 0.1) is 0 Å². The van der Waals surface area contributed by atoms with Crippen molar-refractivity contribution in [3.63, 3.8) is 0 Å². The number of rotatable bonds is 1. The molecule has 2 amide bonds. The molecule has 0 unspecified atom stereocenters. The lowest BCUT2D eigenvalue weighted by atomic mass is 10.1. The summed E-state index contributed by atoms with van der Waals surface area (Å²) in [7, 11) is 0. The van der Waals surface area contributed by atoms with Gasteiger partial charge >= 0.3 is 5.97 Å². The van der Waals surface area contributed by atoms with E-state index in [4.69, 9.17) is 0 Å². The molecular weight excluding hydrogens is 230 g/mol. The molecule has 0 radical (unpaired) electrons. The molecule has 84 valence electrons. The molecule has 1 aliphatic rings. The molecule has 6 heteroatoms. The molecule has 1 aromatic carbocycles. The molecule has 0 spiro atoms. The molecular formula is C10H9NO4S. The van der Waals surface area contributed by atoms with E-state index in [9.17, 15) is 14.4 Å². The third-order valence-electron chi connectivity index (χ3n) is 2.05. The van der Waals surface area contributed by atoms with E-state index in [0.717, 1.165) is 6.92 Å². The lowest BCUT2D eigenvalue weighted by Crippen LogP contribution is -2.31. The van der Waals surface area contributed by atoms with E-state index < -0.39 is 17.8 Å². The summed E-state index contributed by atoms with van der Waals surface area (Å²) in [5, 5.41) is 0.459. The Labute approximate surface area is 97.8 Å². The molecule has 2 rings (SSSR count). The lowest BCUT2D eigenvalue weighted by molar-refractivity contribution is -0.165. The maximum Gasteiger partial charge on any atom is 0.330 e. The number of fused-ring (bicyclic) bond motifs is 1. The zero-order valence-electron chi connectivity index (χ0n) is 8.26. The van der Waals surface area contributed by atoms with Gasteiger partial charge in [-0.1, -0.05) is 5.06 Å². The SMILES string of the molecule is CC(=O)ON1C(=O)c2ccc(S)cc2C1=O.[HH]. The highest BCUT2D eigenvalue weighted by molar-refractivity contribution is 7.80. The summed E-state index contributed by atoms with van der Waals surface area (Å²) < 4.78 is 0. The van der Waals surface area contributed by atoms with Crippen molar-refractivity contribution in [1.29, 1.82) is 0 Å². The monoisotopic (exact) mass is 239 g/mol. The molecule has 0 saturated heterocycles. The Morgan fingerprint density at radius 2 is 1.94 bits per heavy atom. The Morgan fingerprint density at radius 3 is 2.56 bits per heavy atom. The van der Waals surface area contributed by atoms with Crippen LogP contribution in [-0.2, 0) is 9.63 Å². The summed E-state index contributed by atoms with van der Waals surface area (Å²) in [5.41, 5.74) is 0.405. The zero-order valence-corrected chi connectivity index (χ0v) is 9.15. The normalized spacial score (nSPS) is 14.0. The van der Waals surface area contributed by atoms with Crippen molar-refractivity contribution in [2.24, 2.45) is 0 Å². The fourth-order valence-electron chi connectivity index (χ4n) is 1.42. The van der Waals surface area contributed by atoms with Crippen molar-refractivity contribution in [3.8, 4) is 0 Å². The van der Waals surface area contributed by atoms with Crippen molar-refractivity contribution in [3.05, 3.63) is 29.3 Å². The van der Waals surface area contributed by atoms with Crippen LogP contribution in [0.2, 0.25) is 0 Å². The van der Waals surface area contributed by atoms with Gasteiger partial charge in [-0.3, -0.25) is 9.59 Å². The smallest absolute Gasteiger partial charge is 0.330 e. The number of hydrogen-bond donors (Lipinski definition) is 1. The number of benzene rings is 1. The number of thiol groups is 1. The van der Waals surface area contributed by atoms with Gasteiger partial charge < -0.3 is 4.84 Å². The minimum atomic E-state index is -0.722. The molecule has 1 heterocycles. The molecule has 0 aliphatic carbocycles. The summed E-state index contributed by atoms with van der Waals surface area (Å²) in [6, 6.07) is 4.52. The molecule has 5 nitrogen and oxygen atoms in total. The van der Waals surface area contributed by atoms with Gasteiger partial charge in [0, 0.05) is 13.2 Å². The third-order valence-corrected chi connectivity index (χ3v) is 2.33. The van der Waals surface area contributed by atoms with E-state index in [1.165, 1.54) is 12.1 Å². The van der Waals surface area contributed by atoms with Gasteiger partial charge in [-0.15, -0.1) is 12.6 Å². The van der Waals surface area contributed by atoms with Gasteiger partial charge in [0.25, 0.3) is 11.8 Å². The van der Waals surface area contributed by atoms with Gasteiger partial charge in [0.1, 0.15) is 0 Å². The van der Waals surface area contributed by atoms with Crippen LogP contribution in [0.5, 0.6) is 0 Å². The maximum absolute atomic E-state index is 11.7. The van der Waals surface area contributed by atoms with E-state index in [1.54, 1.807) is 6.07 Å². The summed E-state index contributed by atoms with van der Waals surface area (Å²) >= 11 is 4.06. The van der Waals surface area contributed by atoms with E-state index in [2.05, 4.69) is 17.5 Å². The Kier molecular flexibility index (Phi) is 2.43. The van der Waals surface area contributed by atoms with Crippen LogP contribution in [0.1, 0.15) is 29.1 Å². The number of nitrogens with zero attached hydrogens (tertiary/aromatic N) is 1. The number of carbonyl (C=O) groups is 3. The van der Waals surface area contributed by atoms with E-state index in [1.807, 2.05) is 0 Å². The number of hydrogen-bond acceptors (Lipinski definition) is 5. The molecule has 1 aliphatic heterocycles. The predicted octanol–water partition coefficient (Wildman–Crippen LogP) is 1.30. The minimum absolute atomic E-state index is 0. The first kappa shape index (κ1) is 10.7. The van der Waals surface area contributed by atoms with Crippen LogP contribution in [0.3, 0.4) is 0 Å². The average Bonchev–Trinajstić information content (AvgIpc) is 2.43. The Morgan fingerprint density at radius 1 is 1.31 bits per heavy atom. The van der Waals surface area contributed by atoms with Crippen LogP contribution in [-0.4, -0.2) is 22.8 Å². The molecule has 0 bridgehead atoms. The summed E-state index contributed by atoms with van der Waals surface area (Å²) in [5.74, 6) is -2.00. The van der Waals surface area contributed by atoms with Gasteiger partial charge in [0.15, 0.2) is 0 Å². The first-order valence-electron chi connectivity index (χ1n) is 4.41. The number of amides is 2. The topological polar surface area (TPSA) is 63.7 Å². The average molecular weight is 239 g/mol. The molecule has 0 N–H and O–H groups in total. The summed E-state index contributed by atoms with van der Waals surface area (Å²) in [6.45, 7) is 1.12. The second kappa shape index (κ2) is 3.64. The van der Waals surface area contributed by atoms with E-state index in [0.29, 0.717) is 9.96 Å². The minimum Gasteiger partial charge on any atom is -0.330 e. The Hall–Kier alpha value is -1.82. The van der Waals surface area contributed by atoms with Crippen LogP contribution < -0.4 is 0 Å². The Bertz CT molecular complexity index is 517. The van der Waals surface area contributed by atoms with Crippen molar-refractivity contribution in [2.75, 3.05) is 0 Å².